The summed E-state index contributed by atoms with van der Waals surface area (Å²) in [6, 6.07) is 8.05. The number of amidine groups is 1. The molecule has 1 saturated heterocycles. The minimum absolute atomic E-state index is 0. The Morgan fingerprint density at radius 1 is 1.45 bits per heavy atom. The highest BCUT2D eigenvalue weighted by Gasteiger charge is 2.47. The fourth-order valence-corrected chi connectivity index (χ4v) is 3.97. The third-order valence-electron chi connectivity index (χ3n) is 3.92. The van der Waals surface area contributed by atoms with Crippen molar-refractivity contribution in [3.05, 3.63) is 29.8 Å². The highest BCUT2D eigenvalue weighted by molar-refractivity contribution is 8.13. The van der Waals surface area contributed by atoms with Crippen LogP contribution >= 0.6 is 11.8 Å². The van der Waals surface area contributed by atoms with Crippen molar-refractivity contribution >= 4 is 16.9 Å². The number of fused-ring (bicyclic) bond motifs is 1. The van der Waals surface area contributed by atoms with Crippen LogP contribution in [0, 0.1) is 5.92 Å². The number of aliphatic imine (C=N–C) groups is 1. The summed E-state index contributed by atoms with van der Waals surface area (Å²) in [5.41, 5.74) is 6.69. The number of hydrogen-bond acceptors (Lipinski definition) is 5. The lowest BCUT2D eigenvalue weighted by Crippen LogP contribution is -2.47. The minimum atomic E-state index is -0.375. The molecule has 1 aromatic carbocycles. The molecule has 0 spiro atoms. The van der Waals surface area contributed by atoms with Gasteiger partial charge >= 0.3 is 0 Å². The van der Waals surface area contributed by atoms with Gasteiger partial charge in [0, 0.05) is 23.8 Å². The first-order valence-corrected chi connectivity index (χ1v) is 7.44. The van der Waals surface area contributed by atoms with E-state index in [9.17, 15) is 0 Å². The second-order valence-corrected chi connectivity index (χ2v) is 5.96. The zero-order valence-electron chi connectivity index (χ0n) is 11.0. The molecule has 5 heteroatoms. The summed E-state index contributed by atoms with van der Waals surface area (Å²) in [4.78, 5) is 4.77. The molecule has 1 fully saturated rings. The largest absolute Gasteiger partial charge is 0.496 e. The Balaban J connectivity index is 0.00000147. The minimum Gasteiger partial charge on any atom is -0.496 e. The Morgan fingerprint density at radius 2 is 2.25 bits per heavy atom. The second kappa shape index (κ2) is 6.06. The van der Waals surface area contributed by atoms with E-state index in [4.69, 9.17) is 20.2 Å². The average molecular weight is 294 g/mol. The quantitative estimate of drug-likeness (QED) is 0.911. The normalized spacial score (nSPS) is 28.9. The van der Waals surface area contributed by atoms with E-state index < -0.39 is 0 Å². The summed E-state index contributed by atoms with van der Waals surface area (Å²) in [6.45, 7) is 1.39. The van der Waals surface area contributed by atoms with Crippen LogP contribution in [0.15, 0.2) is 29.3 Å². The van der Waals surface area contributed by atoms with Gasteiger partial charge in [-0.25, -0.2) is 4.99 Å². The molecular formula is C15H22N2O2S. The maximum atomic E-state index is 5.97. The zero-order valence-corrected chi connectivity index (χ0v) is 11.8. The average Bonchev–Trinajstić information content (AvgIpc) is 2.47. The third kappa shape index (κ3) is 2.40. The highest BCUT2D eigenvalue weighted by Crippen LogP contribution is 2.47. The van der Waals surface area contributed by atoms with Crippen molar-refractivity contribution in [2.75, 3.05) is 26.1 Å². The maximum Gasteiger partial charge on any atom is 0.154 e. The van der Waals surface area contributed by atoms with Crippen LogP contribution in [0.4, 0.5) is 0 Å². The molecule has 2 aliphatic rings. The summed E-state index contributed by atoms with van der Waals surface area (Å²) < 4.78 is 11.2. The zero-order chi connectivity index (χ0) is 13.3. The van der Waals surface area contributed by atoms with Gasteiger partial charge in [0.1, 0.15) is 11.3 Å². The van der Waals surface area contributed by atoms with E-state index in [1.54, 1.807) is 18.9 Å². The summed E-state index contributed by atoms with van der Waals surface area (Å²) in [5.74, 6) is 2.31. The van der Waals surface area contributed by atoms with Crippen LogP contribution in [0.1, 0.15) is 19.4 Å². The molecular weight excluding hydrogens is 272 g/mol. The van der Waals surface area contributed by atoms with E-state index in [0.29, 0.717) is 17.7 Å². The van der Waals surface area contributed by atoms with Crippen molar-refractivity contribution in [3.8, 4) is 5.75 Å². The van der Waals surface area contributed by atoms with Gasteiger partial charge in [0.05, 0.1) is 13.7 Å². The number of methoxy groups -OCH3 is 1. The van der Waals surface area contributed by atoms with Gasteiger partial charge in [0.25, 0.3) is 0 Å². The van der Waals surface area contributed by atoms with E-state index in [0.717, 1.165) is 30.1 Å². The fraction of sp³-hybridized carbons (Fsp3) is 0.533. The van der Waals surface area contributed by atoms with Crippen molar-refractivity contribution < 1.29 is 9.47 Å². The van der Waals surface area contributed by atoms with Gasteiger partial charge in [-0.1, -0.05) is 37.4 Å². The van der Waals surface area contributed by atoms with Crippen LogP contribution in [-0.2, 0) is 10.3 Å². The van der Waals surface area contributed by atoms with E-state index >= 15 is 0 Å². The predicted octanol–water partition coefficient (Wildman–Crippen LogP) is 2.62. The molecule has 2 heterocycles. The molecule has 0 saturated carbocycles. The van der Waals surface area contributed by atoms with Crippen molar-refractivity contribution in [1.29, 1.82) is 0 Å². The van der Waals surface area contributed by atoms with Crippen LogP contribution in [0.25, 0.3) is 0 Å². The SMILES string of the molecule is C.COc1ccccc1[C@]12COCC[C@H]1CSC(N)=N2. The number of benzene rings is 1. The molecule has 0 aliphatic carbocycles. The number of ether oxygens (including phenoxy) is 2. The Hall–Kier alpha value is -1.20. The predicted molar refractivity (Wildman–Crippen MR) is 84.4 cm³/mol. The molecule has 2 atom stereocenters. The molecule has 0 bridgehead atoms. The van der Waals surface area contributed by atoms with E-state index in [1.165, 1.54) is 0 Å². The van der Waals surface area contributed by atoms with E-state index in [1.807, 2.05) is 18.2 Å². The van der Waals surface area contributed by atoms with Crippen molar-refractivity contribution in [2.24, 2.45) is 16.6 Å². The summed E-state index contributed by atoms with van der Waals surface area (Å²) in [5, 5.41) is 0.646. The second-order valence-electron chi connectivity index (χ2n) is 4.92. The van der Waals surface area contributed by atoms with Crippen molar-refractivity contribution in [3.63, 3.8) is 0 Å². The molecule has 3 rings (SSSR count). The first kappa shape index (κ1) is 15.2. The number of hydrogen-bond donors (Lipinski definition) is 1. The lowest BCUT2D eigenvalue weighted by molar-refractivity contribution is 0.00356. The van der Waals surface area contributed by atoms with E-state index in [2.05, 4.69) is 6.07 Å². The lowest BCUT2D eigenvalue weighted by Gasteiger charge is -2.44. The van der Waals surface area contributed by atoms with Crippen LogP contribution in [0.2, 0.25) is 0 Å². The molecule has 2 aliphatic heterocycles. The number of thioether (sulfide) groups is 1. The number of nitrogens with zero attached hydrogens (tertiary/aromatic N) is 1. The molecule has 1 aromatic rings. The Morgan fingerprint density at radius 3 is 3.05 bits per heavy atom. The Labute approximate surface area is 124 Å². The number of rotatable bonds is 2. The molecule has 0 amide bonds. The topological polar surface area (TPSA) is 56.8 Å². The molecule has 0 unspecified atom stereocenters. The number of nitrogens with two attached hydrogens (primary N) is 1. The smallest absolute Gasteiger partial charge is 0.154 e. The van der Waals surface area contributed by atoms with Gasteiger partial charge in [-0.15, -0.1) is 0 Å². The van der Waals surface area contributed by atoms with Gasteiger partial charge in [0.2, 0.25) is 0 Å². The van der Waals surface area contributed by atoms with Crippen LogP contribution in [-0.4, -0.2) is 31.2 Å². The van der Waals surface area contributed by atoms with Gasteiger partial charge in [-0.05, 0) is 12.5 Å². The standard InChI is InChI=1S/C14H18N2O2S.CH4/c1-17-12-5-3-2-4-11(12)14-9-18-7-6-10(14)8-19-13(15)16-14;/h2-5,10H,6-9H2,1H3,(H2,15,16);1H4/t10-,14-;/m0./s1. The van der Waals surface area contributed by atoms with Gasteiger partial charge in [-0.2, -0.15) is 0 Å². The summed E-state index contributed by atoms with van der Waals surface area (Å²) >= 11 is 1.64. The number of para-hydroxylation sites is 1. The first-order valence-electron chi connectivity index (χ1n) is 6.45. The molecule has 0 aromatic heterocycles. The van der Waals surface area contributed by atoms with Gasteiger partial charge in [0.15, 0.2) is 5.17 Å². The van der Waals surface area contributed by atoms with E-state index in [-0.39, 0.29) is 13.0 Å². The molecule has 20 heavy (non-hydrogen) atoms. The summed E-state index contributed by atoms with van der Waals surface area (Å²) in [6.07, 6.45) is 1.02. The summed E-state index contributed by atoms with van der Waals surface area (Å²) in [7, 11) is 1.69. The molecule has 0 radical (unpaired) electrons. The molecule has 4 nitrogen and oxygen atoms in total. The molecule has 110 valence electrons. The fourth-order valence-electron chi connectivity index (χ4n) is 2.93. The highest BCUT2D eigenvalue weighted by atomic mass is 32.2. The first-order chi connectivity index (χ1) is 9.26. The van der Waals surface area contributed by atoms with Crippen molar-refractivity contribution in [1.82, 2.24) is 0 Å². The van der Waals surface area contributed by atoms with Gasteiger partial charge in [-0.3, -0.25) is 0 Å². The van der Waals surface area contributed by atoms with Crippen LogP contribution in [0.5, 0.6) is 5.75 Å². The lowest BCUT2D eigenvalue weighted by atomic mass is 9.76. The van der Waals surface area contributed by atoms with Crippen LogP contribution < -0.4 is 10.5 Å². The molecule has 2 N–H and O–H groups in total. The Bertz CT molecular complexity index is 506. The van der Waals surface area contributed by atoms with Gasteiger partial charge < -0.3 is 15.2 Å². The van der Waals surface area contributed by atoms with Crippen LogP contribution in [0.3, 0.4) is 0 Å². The Kier molecular flexibility index (Phi) is 4.60. The maximum absolute atomic E-state index is 5.97. The monoisotopic (exact) mass is 294 g/mol. The van der Waals surface area contributed by atoms with Crippen molar-refractivity contribution in [2.45, 2.75) is 19.4 Å². The third-order valence-corrected chi connectivity index (χ3v) is 4.88.